The number of aliphatic carboxylic acids is 1. The van der Waals surface area contributed by atoms with Crippen molar-refractivity contribution in [3.8, 4) is 0 Å². The summed E-state index contributed by atoms with van der Waals surface area (Å²) in [6, 6.07) is 0. The average Bonchev–Trinajstić information content (AvgIpc) is 2.00. The van der Waals surface area contributed by atoms with Gasteiger partial charge in [-0.2, -0.15) is 0 Å². The number of piperidine rings is 1. The predicted molar refractivity (Wildman–Crippen MR) is 52.1 cm³/mol. The normalized spacial score (nSPS) is 22.7. The second-order valence-electron chi connectivity index (χ2n) is 4.73. The molecule has 0 aromatic carbocycles. The van der Waals surface area contributed by atoms with Gasteiger partial charge in [-0.3, -0.25) is 9.69 Å². The molecule has 88 valence electrons. The summed E-state index contributed by atoms with van der Waals surface area (Å²) in [5.74, 6) is -3.46. The van der Waals surface area contributed by atoms with Crippen molar-refractivity contribution in [2.75, 3.05) is 13.1 Å². The largest absolute Gasteiger partial charge is 0.481 e. The molecule has 1 N–H and O–H groups in total. The maximum Gasteiger partial charge on any atom is 0.305 e. The molecule has 15 heavy (non-hydrogen) atoms. The van der Waals surface area contributed by atoms with Gasteiger partial charge >= 0.3 is 5.97 Å². The number of likely N-dealkylation sites (tertiary alicyclic amines) is 1. The van der Waals surface area contributed by atoms with Crippen LogP contribution in [-0.4, -0.2) is 40.5 Å². The Labute approximate surface area is 88.1 Å². The van der Waals surface area contributed by atoms with Gasteiger partial charge < -0.3 is 5.11 Å². The minimum atomic E-state index is -2.57. The van der Waals surface area contributed by atoms with Crippen molar-refractivity contribution in [3.05, 3.63) is 0 Å². The molecule has 0 unspecified atom stereocenters. The van der Waals surface area contributed by atoms with Crippen LogP contribution in [0.15, 0.2) is 0 Å². The van der Waals surface area contributed by atoms with Crippen molar-refractivity contribution in [2.24, 2.45) is 0 Å². The van der Waals surface area contributed by atoms with Gasteiger partial charge in [0.1, 0.15) is 0 Å². The third-order valence-corrected chi connectivity index (χ3v) is 2.93. The number of carboxylic acids is 1. The third kappa shape index (κ3) is 3.41. The Balaban J connectivity index is 2.55. The van der Waals surface area contributed by atoms with E-state index < -0.39 is 17.4 Å². The van der Waals surface area contributed by atoms with Crippen molar-refractivity contribution < 1.29 is 18.7 Å². The van der Waals surface area contributed by atoms with Crippen LogP contribution in [0.5, 0.6) is 0 Å². The number of hydrogen-bond acceptors (Lipinski definition) is 2. The summed E-state index contributed by atoms with van der Waals surface area (Å²) >= 11 is 0. The summed E-state index contributed by atoms with van der Waals surface area (Å²) in [7, 11) is 0. The molecule has 0 radical (unpaired) electrons. The van der Waals surface area contributed by atoms with E-state index in [0.717, 1.165) is 0 Å². The Morgan fingerprint density at radius 3 is 2.27 bits per heavy atom. The molecule has 1 fully saturated rings. The van der Waals surface area contributed by atoms with E-state index in [4.69, 9.17) is 5.11 Å². The maximum absolute atomic E-state index is 12.9. The van der Waals surface area contributed by atoms with Crippen molar-refractivity contribution in [1.29, 1.82) is 0 Å². The SMILES string of the molecule is CC(C)(CC(=O)O)N1CCC(F)(F)CC1. The lowest BCUT2D eigenvalue weighted by atomic mass is 9.94. The number of alkyl halides is 2. The van der Waals surface area contributed by atoms with Gasteiger partial charge in [-0.1, -0.05) is 0 Å². The molecule has 0 amide bonds. The fraction of sp³-hybridized carbons (Fsp3) is 0.900. The van der Waals surface area contributed by atoms with Crippen LogP contribution in [0.1, 0.15) is 33.1 Å². The van der Waals surface area contributed by atoms with Gasteiger partial charge in [0, 0.05) is 31.5 Å². The lowest BCUT2D eigenvalue weighted by molar-refractivity contribution is -0.141. The Morgan fingerprint density at radius 2 is 1.87 bits per heavy atom. The third-order valence-electron chi connectivity index (χ3n) is 2.93. The molecular weight excluding hydrogens is 204 g/mol. The van der Waals surface area contributed by atoms with Crippen LogP contribution >= 0.6 is 0 Å². The molecule has 0 aliphatic carbocycles. The summed E-state index contributed by atoms with van der Waals surface area (Å²) < 4.78 is 25.8. The van der Waals surface area contributed by atoms with E-state index in [1.807, 2.05) is 4.90 Å². The Kier molecular flexibility index (Phi) is 3.33. The topological polar surface area (TPSA) is 40.5 Å². The average molecular weight is 221 g/mol. The fourth-order valence-corrected chi connectivity index (χ4v) is 1.92. The van der Waals surface area contributed by atoms with E-state index >= 15 is 0 Å². The summed E-state index contributed by atoms with van der Waals surface area (Å²) in [6.07, 6.45) is -0.356. The predicted octanol–water partition coefficient (Wildman–Crippen LogP) is 1.97. The highest BCUT2D eigenvalue weighted by molar-refractivity contribution is 5.68. The first-order valence-electron chi connectivity index (χ1n) is 5.08. The molecular formula is C10H17F2NO2. The highest BCUT2D eigenvalue weighted by Crippen LogP contribution is 2.32. The molecule has 0 bridgehead atoms. The van der Waals surface area contributed by atoms with Crippen LogP contribution < -0.4 is 0 Å². The highest BCUT2D eigenvalue weighted by Gasteiger charge is 2.39. The van der Waals surface area contributed by atoms with E-state index in [-0.39, 0.29) is 32.4 Å². The van der Waals surface area contributed by atoms with Crippen LogP contribution in [0.3, 0.4) is 0 Å². The van der Waals surface area contributed by atoms with Gasteiger partial charge in [-0.05, 0) is 13.8 Å². The van der Waals surface area contributed by atoms with Crippen molar-refractivity contribution >= 4 is 5.97 Å². The number of halogens is 2. The standard InChI is InChI=1S/C10H17F2NO2/c1-9(2,7-8(14)15)13-5-3-10(11,12)4-6-13/h3-7H2,1-2H3,(H,14,15). The number of carbonyl (C=O) groups is 1. The van der Waals surface area contributed by atoms with Gasteiger partial charge in [-0.15, -0.1) is 0 Å². The zero-order valence-corrected chi connectivity index (χ0v) is 9.09. The van der Waals surface area contributed by atoms with Gasteiger partial charge in [-0.25, -0.2) is 8.78 Å². The summed E-state index contributed by atoms with van der Waals surface area (Å²) in [4.78, 5) is 12.4. The summed E-state index contributed by atoms with van der Waals surface area (Å²) in [5.41, 5.74) is -0.539. The smallest absolute Gasteiger partial charge is 0.305 e. The zero-order valence-electron chi connectivity index (χ0n) is 9.09. The molecule has 1 saturated heterocycles. The molecule has 0 saturated carbocycles. The number of nitrogens with zero attached hydrogens (tertiary/aromatic N) is 1. The Hall–Kier alpha value is -0.710. The van der Waals surface area contributed by atoms with Gasteiger partial charge in [0.15, 0.2) is 0 Å². The van der Waals surface area contributed by atoms with Gasteiger partial charge in [0.05, 0.1) is 6.42 Å². The quantitative estimate of drug-likeness (QED) is 0.792. The van der Waals surface area contributed by atoms with Crippen LogP contribution in [0.4, 0.5) is 8.78 Å². The molecule has 0 spiro atoms. The van der Waals surface area contributed by atoms with Gasteiger partial charge in [0.25, 0.3) is 5.92 Å². The van der Waals surface area contributed by atoms with E-state index in [9.17, 15) is 13.6 Å². The van der Waals surface area contributed by atoms with Crippen molar-refractivity contribution in [3.63, 3.8) is 0 Å². The molecule has 0 aromatic heterocycles. The monoisotopic (exact) mass is 221 g/mol. The van der Waals surface area contributed by atoms with E-state index in [1.54, 1.807) is 13.8 Å². The molecule has 3 nitrogen and oxygen atoms in total. The van der Waals surface area contributed by atoms with E-state index in [0.29, 0.717) is 0 Å². The maximum atomic E-state index is 12.9. The highest BCUT2D eigenvalue weighted by atomic mass is 19.3. The second-order valence-corrected chi connectivity index (χ2v) is 4.73. The van der Waals surface area contributed by atoms with Crippen molar-refractivity contribution in [2.45, 2.75) is 44.6 Å². The molecule has 1 heterocycles. The van der Waals surface area contributed by atoms with Crippen LogP contribution in [-0.2, 0) is 4.79 Å². The second kappa shape index (κ2) is 4.04. The first-order valence-corrected chi connectivity index (χ1v) is 5.08. The Bertz CT molecular complexity index is 244. The van der Waals surface area contributed by atoms with Crippen molar-refractivity contribution in [1.82, 2.24) is 4.90 Å². The number of carboxylic acid groups (broad SMARTS) is 1. The molecule has 1 aliphatic rings. The molecule has 1 rings (SSSR count). The first-order chi connectivity index (χ1) is 6.73. The van der Waals surface area contributed by atoms with Crippen LogP contribution in [0.25, 0.3) is 0 Å². The minimum absolute atomic E-state index is 0.0153. The molecule has 0 atom stereocenters. The van der Waals surface area contributed by atoms with Crippen LogP contribution in [0.2, 0.25) is 0 Å². The zero-order chi connectivity index (χ0) is 11.7. The lowest BCUT2D eigenvalue weighted by Gasteiger charge is -2.42. The lowest BCUT2D eigenvalue weighted by Crippen LogP contribution is -2.51. The fourth-order valence-electron chi connectivity index (χ4n) is 1.92. The summed E-state index contributed by atoms with van der Waals surface area (Å²) in [6.45, 7) is 4.11. The van der Waals surface area contributed by atoms with E-state index in [1.165, 1.54) is 0 Å². The number of rotatable bonds is 3. The van der Waals surface area contributed by atoms with E-state index in [2.05, 4.69) is 0 Å². The van der Waals surface area contributed by atoms with Crippen LogP contribution in [0, 0.1) is 0 Å². The molecule has 1 aliphatic heterocycles. The molecule has 0 aromatic rings. The minimum Gasteiger partial charge on any atom is -0.481 e. The van der Waals surface area contributed by atoms with Gasteiger partial charge in [0.2, 0.25) is 0 Å². The molecule has 5 heteroatoms. The summed E-state index contributed by atoms with van der Waals surface area (Å²) in [5, 5.41) is 8.71. The Morgan fingerprint density at radius 1 is 1.40 bits per heavy atom. The first kappa shape index (κ1) is 12.4. The number of hydrogen-bond donors (Lipinski definition) is 1.